The standard InChI is InChI=1S/C17H22O3S/c18-17(9-11-21(19,20)12-10-17)16-8-4-7-15(13-16)14-5-2-1-3-6-14/h4-5,7-8,13,18H,1-3,6,9-12H2. The Kier molecular flexibility index (Phi) is 3.93. The Morgan fingerprint density at radius 2 is 1.86 bits per heavy atom. The molecular weight excluding hydrogens is 284 g/mol. The van der Waals surface area contributed by atoms with Gasteiger partial charge in [0.05, 0.1) is 17.1 Å². The Balaban J connectivity index is 1.87. The fourth-order valence-electron chi connectivity index (χ4n) is 3.27. The van der Waals surface area contributed by atoms with Gasteiger partial charge in [-0.15, -0.1) is 0 Å². The molecule has 1 aromatic carbocycles. The molecule has 1 aliphatic carbocycles. The summed E-state index contributed by atoms with van der Waals surface area (Å²) in [6.45, 7) is 0. The molecule has 0 radical (unpaired) electrons. The second-order valence-corrected chi connectivity index (χ2v) is 8.54. The van der Waals surface area contributed by atoms with Crippen LogP contribution in [0.2, 0.25) is 0 Å². The van der Waals surface area contributed by atoms with Gasteiger partial charge in [-0.05, 0) is 61.3 Å². The van der Waals surface area contributed by atoms with E-state index in [0.717, 1.165) is 18.4 Å². The second kappa shape index (κ2) is 5.58. The second-order valence-electron chi connectivity index (χ2n) is 6.24. The van der Waals surface area contributed by atoms with Crippen molar-refractivity contribution in [1.29, 1.82) is 0 Å². The van der Waals surface area contributed by atoms with Gasteiger partial charge >= 0.3 is 0 Å². The molecule has 4 heteroatoms. The summed E-state index contributed by atoms with van der Waals surface area (Å²) < 4.78 is 23.1. The van der Waals surface area contributed by atoms with E-state index in [1.165, 1.54) is 24.0 Å². The van der Waals surface area contributed by atoms with Crippen LogP contribution in [0.1, 0.15) is 49.7 Å². The van der Waals surface area contributed by atoms with Gasteiger partial charge in [0.15, 0.2) is 9.84 Å². The Hall–Kier alpha value is -1.13. The summed E-state index contributed by atoms with van der Waals surface area (Å²) in [5.41, 5.74) is 2.40. The zero-order valence-corrected chi connectivity index (χ0v) is 13.0. The van der Waals surface area contributed by atoms with Gasteiger partial charge < -0.3 is 5.11 Å². The Bertz CT molecular complexity index is 644. The summed E-state index contributed by atoms with van der Waals surface area (Å²) in [6.07, 6.45) is 7.59. The molecule has 0 bridgehead atoms. The van der Waals surface area contributed by atoms with Crippen molar-refractivity contribution in [1.82, 2.24) is 0 Å². The third-order valence-electron chi connectivity index (χ3n) is 4.71. The minimum absolute atomic E-state index is 0.0798. The Labute approximate surface area is 126 Å². The lowest BCUT2D eigenvalue weighted by Gasteiger charge is -2.32. The number of sulfone groups is 1. The van der Waals surface area contributed by atoms with Crippen molar-refractivity contribution in [2.45, 2.75) is 44.1 Å². The van der Waals surface area contributed by atoms with Gasteiger partial charge in [0.25, 0.3) is 0 Å². The van der Waals surface area contributed by atoms with E-state index in [4.69, 9.17) is 0 Å². The summed E-state index contributed by atoms with van der Waals surface area (Å²) >= 11 is 0. The molecule has 0 unspecified atom stereocenters. The van der Waals surface area contributed by atoms with Crippen molar-refractivity contribution < 1.29 is 13.5 Å². The lowest BCUT2D eigenvalue weighted by atomic mass is 9.85. The van der Waals surface area contributed by atoms with Crippen molar-refractivity contribution in [3.8, 4) is 0 Å². The molecule has 0 saturated carbocycles. The predicted molar refractivity (Wildman–Crippen MR) is 84.7 cm³/mol. The summed E-state index contributed by atoms with van der Waals surface area (Å²) in [5.74, 6) is 0.160. The number of aliphatic hydroxyl groups is 1. The van der Waals surface area contributed by atoms with Gasteiger partial charge in [-0.2, -0.15) is 0 Å². The summed E-state index contributed by atoms with van der Waals surface area (Å²) in [6, 6.07) is 8.03. The van der Waals surface area contributed by atoms with Crippen LogP contribution in [-0.2, 0) is 15.4 Å². The third-order valence-corrected chi connectivity index (χ3v) is 6.37. The summed E-state index contributed by atoms with van der Waals surface area (Å²) in [7, 11) is -2.96. The number of hydrogen-bond acceptors (Lipinski definition) is 3. The molecule has 1 aromatic rings. The Morgan fingerprint density at radius 3 is 2.52 bits per heavy atom. The van der Waals surface area contributed by atoms with Gasteiger partial charge in [-0.3, -0.25) is 0 Å². The van der Waals surface area contributed by atoms with E-state index < -0.39 is 15.4 Å². The molecule has 114 valence electrons. The van der Waals surface area contributed by atoms with Crippen LogP contribution < -0.4 is 0 Å². The van der Waals surface area contributed by atoms with Crippen LogP contribution in [0.3, 0.4) is 0 Å². The van der Waals surface area contributed by atoms with E-state index in [-0.39, 0.29) is 11.5 Å². The van der Waals surface area contributed by atoms with E-state index in [1.807, 2.05) is 12.1 Å². The zero-order chi connectivity index (χ0) is 14.9. The highest BCUT2D eigenvalue weighted by Gasteiger charge is 2.36. The van der Waals surface area contributed by atoms with E-state index in [0.29, 0.717) is 12.8 Å². The first-order valence-corrected chi connectivity index (χ1v) is 9.53. The Morgan fingerprint density at radius 1 is 1.10 bits per heavy atom. The van der Waals surface area contributed by atoms with Gasteiger partial charge in [-0.1, -0.05) is 24.3 Å². The molecule has 1 fully saturated rings. The SMILES string of the molecule is O=S1(=O)CCC(O)(c2cccc(C3=CCCCC3)c2)CC1. The molecule has 0 aromatic heterocycles. The molecule has 0 amide bonds. The lowest BCUT2D eigenvalue weighted by Crippen LogP contribution is -2.36. The molecule has 21 heavy (non-hydrogen) atoms. The fourth-order valence-corrected chi connectivity index (χ4v) is 4.77. The topological polar surface area (TPSA) is 54.4 Å². The van der Waals surface area contributed by atoms with Crippen molar-refractivity contribution >= 4 is 15.4 Å². The first kappa shape index (κ1) is 14.8. The minimum Gasteiger partial charge on any atom is -0.385 e. The van der Waals surface area contributed by atoms with Crippen LogP contribution in [0.15, 0.2) is 30.3 Å². The number of benzene rings is 1. The van der Waals surface area contributed by atoms with Crippen molar-refractivity contribution in [3.05, 3.63) is 41.5 Å². The van der Waals surface area contributed by atoms with E-state index in [1.54, 1.807) is 0 Å². The molecule has 1 N–H and O–H groups in total. The number of rotatable bonds is 2. The van der Waals surface area contributed by atoms with Crippen LogP contribution in [0, 0.1) is 0 Å². The van der Waals surface area contributed by atoms with Gasteiger partial charge in [-0.25, -0.2) is 8.42 Å². The zero-order valence-electron chi connectivity index (χ0n) is 12.2. The quantitative estimate of drug-likeness (QED) is 0.913. The molecule has 0 spiro atoms. The van der Waals surface area contributed by atoms with Gasteiger partial charge in [0.2, 0.25) is 0 Å². The largest absolute Gasteiger partial charge is 0.385 e. The van der Waals surface area contributed by atoms with Gasteiger partial charge in [0.1, 0.15) is 0 Å². The number of hydrogen-bond donors (Lipinski definition) is 1. The smallest absolute Gasteiger partial charge is 0.150 e. The highest BCUT2D eigenvalue weighted by atomic mass is 32.2. The predicted octanol–water partition coefficient (Wildman–Crippen LogP) is 3.04. The monoisotopic (exact) mass is 306 g/mol. The van der Waals surface area contributed by atoms with Crippen LogP contribution in [-0.4, -0.2) is 25.0 Å². The number of allylic oxidation sites excluding steroid dienone is 2. The summed E-state index contributed by atoms with van der Waals surface area (Å²) in [4.78, 5) is 0. The normalized spacial score (nSPS) is 24.3. The molecular formula is C17H22O3S. The van der Waals surface area contributed by atoms with Crippen molar-refractivity contribution in [3.63, 3.8) is 0 Å². The van der Waals surface area contributed by atoms with Crippen LogP contribution in [0.25, 0.3) is 5.57 Å². The average molecular weight is 306 g/mol. The van der Waals surface area contributed by atoms with Crippen molar-refractivity contribution in [2.24, 2.45) is 0 Å². The first-order chi connectivity index (χ1) is 9.99. The highest BCUT2D eigenvalue weighted by molar-refractivity contribution is 7.91. The molecule has 0 atom stereocenters. The minimum atomic E-state index is -2.96. The van der Waals surface area contributed by atoms with E-state index in [9.17, 15) is 13.5 Å². The van der Waals surface area contributed by atoms with E-state index >= 15 is 0 Å². The molecule has 1 heterocycles. The average Bonchev–Trinajstić information content (AvgIpc) is 2.52. The van der Waals surface area contributed by atoms with E-state index in [2.05, 4.69) is 18.2 Å². The maximum absolute atomic E-state index is 11.6. The maximum atomic E-state index is 11.6. The molecule has 1 aliphatic heterocycles. The molecule has 2 aliphatic rings. The van der Waals surface area contributed by atoms with Crippen LogP contribution in [0.5, 0.6) is 0 Å². The maximum Gasteiger partial charge on any atom is 0.150 e. The fraction of sp³-hybridized carbons (Fsp3) is 0.529. The molecule has 3 rings (SSSR count). The highest BCUT2D eigenvalue weighted by Crippen LogP contribution is 2.36. The lowest BCUT2D eigenvalue weighted by molar-refractivity contribution is 0.0263. The van der Waals surface area contributed by atoms with Crippen LogP contribution in [0.4, 0.5) is 0 Å². The third kappa shape index (κ3) is 3.22. The van der Waals surface area contributed by atoms with Crippen LogP contribution >= 0.6 is 0 Å². The van der Waals surface area contributed by atoms with Gasteiger partial charge in [0, 0.05) is 0 Å². The summed E-state index contributed by atoms with van der Waals surface area (Å²) in [5, 5.41) is 10.8. The molecule has 3 nitrogen and oxygen atoms in total. The molecule has 1 saturated heterocycles. The van der Waals surface area contributed by atoms with Crippen molar-refractivity contribution in [2.75, 3.05) is 11.5 Å². The first-order valence-electron chi connectivity index (χ1n) is 7.71.